The van der Waals surface area contributed by atoms with Gasteiger partial charge in [0.15, 0.2) is 16.7 Å². The van der Waals surface area contributed by atoms with Gasteiger partial charge in [0.05, 0.1) is 18.3 Å². The van der Waals surface area contributed by atoms with Crippen molar-refractivity contribution in [1.29, 1.82) is 0 Å². The molecule has 0 amide bonds. The highest BCUT2D eigenvalue weighted by Gasteiger charge is 2.46. The number of amidine groups is 1. The van der Waals surface area contributed by atoms with Crippen molar-refractivity contribution in [2.24, 2.45) is 4.99 Å². The van der Waals surface area contributed by atoms with Gasteiger partial charge in [-0.05, 0) is 37.1 Å². The first kappa shape index (κ1) is 18.4. The van der Waals surface area contributed by atoms with Gasteiger partial charge in [-0.1, -0.05) is 36.4 Å². The number of thioether (sulfide) groups is 1. The number of nitrogens with zero attached hydrogens (tertiary/aromatic N) is 3. The molecular formula is C20H22ClN3O2S. The Morgan fingerprint density at radius 3 is 2.89 bits per heavy atom. The van der Waals surface area contributed by atoms with Crippen LogP contribution in [-0.2, 0) is 0 Å². The fourth-order valence-corrected chi connectivity index (χ4v) is 5.35. The second-order valence-electron chi connectivity index (χ2n) is 6.61. The third kappa shape index (κ3) is 3.25. The van der Waals surface area contributed by atoms with Crippen molar-refractivity contribution in [3.05, 3.63) is 52.8 Å². The molecule has 1 saturated heterocycles. The number of phenolic OH excluding ortho intramolecular Hbond substituents is 1. The summed E-state index contributed by atoms with van der Waals surface area (Å²) < 4.78 is 5.61. The van der Waals surface area contributed by atoms with E-state index in [1.807, 2.05) is 31.2 Å². The topological polar surface area (TPSA) is 58.0 Å². The fraction of sp³-hybridized carbons (Fsp3) is 0.400. The van der Waals surface area contributed by atoms with E-state index in [4.69, 9.17) is 21.3 Å². The summed E-state index contributed by atoms with van der Waals surface area (Å²) in [7, 11) is 0. The quantitative estimate of drug-likeness (QED) is 0.775. The second-order valence-corrected chi connectivity index (χ2v) is 8.01. The van der Waals surface area contributed by atoms with Gasteiger partial charge >= 0.3 is 0 Å². The Balaban J connectivity index is 1.83. The van der Waals surface area contributed by atoms with Crippen molar-refractivity contribution >= 4 is 28.5 Å². The highest BCUT2D eigenvalue weighted by Crippen LogP contribution is 2.51. The molecule has 1 N–H and O–H groups in total. The number of rotatable bonds is 5. The zero-order chi connectivity index (χ0) is 19.0. The van der Waals surface area contributed by atoms with Crippen LogP contribution in [0.3, 0.4) is 0 Å². The molecule has 0 unspecified atom stereocenters. The number of benzene rings is 1. The summed E-state index contributed by atoms with van der Waals surface area (Å²) >= 11 is 8.39. The number of aromatic nitrogens is 1. The van der Waals surface area contributed by atoms with Crippen molar-refractivity contribution in [2.45, 2.75) is 38.4 Å². The molecule has 27 heavy (non-hydrogen) atoms. The fourth-order valence-electron chi connectivity index (χ4n) is 3.74. The number of ether oxygens (including phenoxy) is 1. The zero-order valence-electron chi connectivity index (χ0n) is 15.3. The molecule has 0 aliphatic carbocycles. The van der Waals surface area contributed by atoms with Gasteiger partial charge in [0.25, 0.3) is 0 Å². The molecule has 0 saturated carbocycles. The van der Waals surface area contributed by atoms with E-state index in [-0.39, 0.29) is 17.8 Å². The van der Waals surface area contributed by atoms with Crippen LogP contribution >= 0.6 is 23.4 Å². The summed E-state index contributed by atoms with van der Waals surface area (Å²) in [6.07, 6.45) is 2.83. The first-order valence-electron chi connectivity index (χ1n) is 9.19. The van der Waals surface area contributed by atoms with Crippen molar-refractivity contribution in [1.82, 2.24) is 9.88 Å². The standard InChI is InChI=1S/C20H22ClN3O2S/c1-3-12-11-27-20-23-18(15-7-5-6-8-22-15)19(24(12)20)13-9-17(26-4-2)16(25)10-14(13)21/h5-10,12,18-19,25H,3-4,11H2,1-2H3/t12-,18+,19+/m0/s1. The number of halogens is 1. The molecule has 4 rings (SSSR count). The van der Waals surface area contributed by atoms with Crippen LogP contribution in [0.5, 0.6) is 11.5 Å². The van der Waals surface area contributed by atoms with Crippen LogP contribution in [0.1, 0.15) is 43.6 Å². The Labute approximate surface area is 168 Å². The maximum absolute atomic E-state index is 10.2. The average molecular weight is 404 g/mol. The Kier molecular flexibility index (Phi) is 5.19. The molecule has 2 aliphatic rings. The van der Waals surface area contributed by atoms with Gasteiger partial charge in [0.1, 0.15) is 6.04 Å². The highest BCUT2D eigenvalue weighted by atomic mass is 35.5. The number of pyridine rings is 1. The van der Waals surface area contributed by atoms with Gasteiger partial charge in [-0.25, -0.2) is 0 Å². The number of fused-ring (bicyclic) bond motifs is 1. The first-order valence-corrected chi connectivity index (χ1v) is 10.6. The Morgan fingerprint density at radius 1 is 1.33 bits per heavy atom. The molecule has 2 aromatic rings. The Bertz CT molecular complexity index is 862. The summed E-state index contributed by atoms with van der Waals surface area (Å²) in [6, 6.07) is 9.52. The average Bonchev–Trinajstić information content (AvgIpc) is 3.24. The summed E-state index contributed by atoms with van der Waals surface area (Å²) in [6.45, 7) is 4.57. The molecule has 142 valence electrons. The lowest BCUT2D eigenvalue weighted by Gasteiger charge is -2.32. The smallest absolute Gasteiger partial charge is 0.161 e. The maximum atomic E-state index is 10.2. The van der Waals surface area contributed by atoms with Crippen molar-refractivity contribution < 1.29 is 9.84 Å². The van der Waals surface area contributed by atoms with Crippen LogP contribution in [0.15, 0.2) is 41.5 Å². The van der Waals surface area contributed by atoms with E-state index in [0.29, 0.717) is 23.4 Å². The number of phenols is 1. The van der Waals surface area contributed by atoms with Crippen molar-refractivity contribution in [2.75, 3.05) is 12.4 Å². The van der Waals surface area contributed by atoms with E-state index < -0.39 is 0 Å². The summed E-state index contributed by atoms with van der Waals surface area (Å²) in [5, 5.41) is 11.8. The molecule has 2 aliphatic heterocycles. The minimum atomic E-state index is -0.139. The van der Waals surface area contributed by atoms with E-state index in [2.05, 4.69) is 16.8 Å². The summed E-state index contributed by atoms with van der Waals surface area (Å²) in [5.74, 6) is 1.53. The zero-order valence-corrected chi connectivity index (χ0v) is 16.9. The lowest BCUT2D eigenvalue weighted by atomic mass is 9.94. The van der Waals surface area contributed by atoms with Crippen molar-refractivity contribution in [3.63, 3.8) is 0 Å². The van der Waals surface area contributed by atoms with Gasteiger partial charge in [0.2, 0.25) is 0 Å². The molecule has 0 spiro atoms. The Morgan fingerprint density at radius 2 is 2.19 bits per heavy atom. The molecule has 1 fully saturated rings. The van der Waals surface area contributed by atoms with Gasteiger partial charge in [-0.15, -0.1) is 0 Å². The third-order valence-electron chi connectivity index (χ3n) is 5.03. The van der Waals surface area contributed by atoms with Gasteiger partial charge in [-0.2, -0.15) is 0 Å². The second kappa shape index (κ2) is 7.60. The lowest BCUT2D eigenvalue weighted by molar-refractivity contribution is 0.253. The van der Waals surface area contributed by atoms with E-state index in [9.17, 15) is 5.11 Å². The van der Waals surface area contributed by atoms with E-state index >= 15 is 0 Å². The van der Waals surface area contributed by atoms with Crippen LogP contribution in [0.2, 0.25) is 5.02 Å². The monoisotopic (exact) mass is 403 g/mol. The minimum absolute atomic E-state index is 0.0574. The largest absolute Gasteiger partial charge is 0.504 e. The number of aromatic hydroxyl groups is 1. The SMILES string of the molecule is CCOc1cc([C@@H]2[C@@H](c3ccccn3)N=C3SC[C@H](CC)N32)c(Cl)cc1O. The van der Waals surface area contributed by atoms with E-state index in [1.165, 1.54) is 0 Å². The normalized spacial score (nSPS) is 24.0. The van der Waals surface area contributed by atoms with Gasteiger partial charge in [-0.3, -0.25) is 9.98 Å². The van der Waals surface area contributed by atoms with Crippen LogP contribution in [0.25, 0.3) is 0 Å². The first-order chi connectivity index (χ1) is 13.1. The van der Waals surface area contributed by atoms with Crippen LogP contribution in [0.4, 0.5) is 0 Å². The molecule has 0 bridgehead atoms. The predicted molar refractivity (Wildman–Crippen MR) is 110 cm³/mol. The van der Waals surface area contributed by atoms with E-state index in [1.54, 1.807) is 24.0 Å². The molecule has 3 atom stereocenters. The summed E-state index contributed by atoms with van der Waals surface area (Å²) in [5.41, 5.74) is 1.83. The molecular weight excluding hydrogens is 382 g/mol. The molecule has 7 heteroatoms. The highest BCUT2D eigenvalue weighted by molar-refractivity contribution is 8.14. The number of aliphatic imine (C=N–C) groups is 1. The van der Waals surface area contributed by atoms with Crippen LogP contribution < -0.4 is 4.74 Å². The van der Waals surface area contributed by atoms with Gasteiger partial charge in [0, 0.05) is 29.1 Å². The van der Waals surface area contributed by atoms with Crippen LogP contribution in [-0.4, -0.2) is 38.6 Å². The number of hydrogen-bond donors (Lipinski definition) is 1. The lowest BCUT2D eigenvalue weighted by Crippen LogP contribution is -2.35. The molecule has 1 aromatic heterocycles. The maximum Gasteiger partial charge on any atom is 0.161 e. The molecule has 3 heterocycles. The van der Waals surface area contributed by atoms with Gasteiger partial charge < -0.3 is 14.7 Å². The molecule has 1 aromatic carbocycles. The number of hydrogen-bond acceptors (Lipinski definition) is 6. The molecule has 5 nitrogen and oxygen atoms in total. The summed E-state index contributed by atoms with van der Waals surface area (Å²) in [4.78, 5) is 11.9. The predicted octanol–water partition coefficient (Wildman–Crippen LogP) is 4.82. The van der Waals surface area contributed by atoms with Crippen LogP contribution in [0, 0.1) is 0 Å². The third-order valence-corrected chi connectivity index (χ3v) is 6.48. The van der Waals surface area contributed by atoms with E-state index in [0.717, 1.165) is 28.6 Å². The Hall–Kier alpha value is -1.92. The van der Waals surface area contributed by atoms with Crippen molar-refractivity contribution in [3.8, 4) is 11.5 Å². The molecule has 0 radical (unpaired) electrons. The minimum Gasteiger partial charge on any atom is -0.504 e.